The van der Waals surface area contributed by atoms with Gasteiger partial charge in [0.05, 0.1) is 17.1 Å². The highest BCUT2D eigenvalue weighted by Gasteiger charge is 2.36. The zero-order chi connectivity index (χ0) is 13.9. The molecule has 1 aliphatic heterocycles. The van der Waals surface area contributed by atoms with E-state index in [-0.39, 0.29) is 17.1 Å². The van der Waals surface area contributed by atoms with Crippen LogP contribution < -0.4 is 0 Å². The van der Waals surface area contributed by atoms with Crippen LogP contribution in [0.5, 0.6) is 0 Å². The Bertz CT molecular complexity index is 474. The van der Waals surface area contributed by atoms with Crippen molar-refractivity contribution >= 4 is 29.5 Å². The average Bonchev–Trinajstić information content (AvgIpc) is 2.98. The molecule has 5 nitrogen and oxygen atoms in total. The first-order valence-electron chi connectivity index (χ1n) is 7.01. The molecule has 1 saturated heterocycles. The van der Waals surface area contributed by atoms with Gasteiger partial charge in [0.1, 0.15) is 0 Å². The summed E-state index contributed by atoms with van der Waals surface area (Å²) in [7, 11) is 0. The van der Waals surface area contributed by atoms with Gasteiger partial charge < -0.3 is 9.63 Å². The molecule has 1 N–H and O–H groups in total. The second-order valence-electron chi connectivity index (χ2n) is 5.26. The fourth-order valence-electron chi connectivity index (χ4n) is 2.89. The third-order valence-electron chi connectivity index (χ3n) is 3.96. The van der Waals surface area contributed by atoms with Crippen molar-refractivity contribution in [3.05, 3.63) is 11.7 Å². The van der Waals surface area contributed by atoms with Crippen LogP contribution in [-0.4, -0.2) is 38.5 Å². The molecule has 3 atom stereocenters. The minimum absolute atomic E-state index is 0.108. The number of carboxylic acids is 1. The lowest BCUT2D eigenvalue weighted by Gasteiger charge is -2.25. The summed E-state index contributed by atoms with van der Waals surface area (Å²) >= 11 is 3.77. The van der Waals surface area contributed by atoms with Gasteiger partial charge in [0.25, 0.3) is 0 Å². The minimum Gasteiger partial charge on any atom is -0.481 e. The van der Waals surface area contributed by atoms with Crippen LogP contribution in [0.1, 0.15) is 48.6 Å². The predicted molar refractivity (Wildman–Crippen MR) is 79.2 cm³/mol. The van der Waals surface area contributed by atoms with Crippen molar-refractivity contribution in [2.24, 2.45) is 5.92 Å². The monoisotopic (exact) mass is 314 g/mol. The van der Waals surface area contributed by atoms with Crippen LogP contribution in [0.4, 0.5) is 0 Å². The van der Waals surface area contributed by atoms with E-state index in [9.17, 15) is 9.90 Å². The largest absolute Gasteiger partial charge is 0.481 e. The number of nitrogens with zero attached hydrogens (tertiary/aromatic N) is 2. The van der Waals surface area contributed by atoms with Gasteiger partial charge in [0, 0.05) is 17.3 Å². The Labute approximate surface area is 126 Å². The van der Waals surface area contributed by atoms with E-state index in [0.29, 0.717) is 12.3 Å². The molecule has 3 rings (SSSR count). The van der Waals surface area contributed by atoms with Gasteiger partial charge in [-0.25, -0.2) is 0 Å². The fourth-order valence-corrected chi connectivity index (χ4v) is 5.48. The van der Waals surface area contributed by atoms with E-state index in [1.807, 2.05) is 23.5 Å². The first-order valence-corrected chi connectivity index (χ1v) is 9.21. The second-order valence-corrected chi connectivity index (χ2v) is 7.72. The highest BCUT2D eigenvalue weighted by Crippen LogP contribution is 2.39. The number of thioether (sulfide) groups is 2. The molecular weight excluding hydrogens is 296 g/mol. The molecule has 20 heavy (non-hydrogen) atoms. The van der Waals surface area contributed by atoms with Crippen molar-refractivity contribution in [3.8, 4) is 0 Å². The quantitative estimate of drug-likeness (QED) is 0.919. The van der Waals surface area contributed by atoms with Gasteiger partial charge in [0.15, 0.2) is 5.82 Å². The van der Waals surface area contributed by atoms with E-state index in [1.165, 1.54) is 5.75 Å². The Balaban J connectivity index is 1.76. The summed E-state index contributed by atoms with van der Waals surface area (Å²) < 4.78 is 5.39. The predicted octanol–water partition coefficient (Wildman–Crippen LogP) is 2.95. The molecule has 0 aromatic carbocycles. The average molecular weight is 314 g/mol. The number of rotatable bonds is 3. The molecular formula is C13H18N2O3S2. The molecule has 0 amide bonds. The maximum Gasteiger partial charge on any atom is 0.307 e. The van der Waals surface area contributed by atoms with Gasteiger partial charge in [-0.1, -0.05) is 18.0 Å². The number of aliphatic carboxylic acids is 1. The van der Waals surface area contributed by atoms with Gasteiger partial charge in [-0.2, -0.15) is 16.7 Å². The summed E-state index contributed by atoms with van der Waals surface area (Å²) in [6.45, 7) is 0. The van der Waals surface area contributed by atoms with Crippen LogP contribution in [0.25, 0.3) is 0 Å². The molecule has 2 heterocycles. The Morgan fingerprint density at radius 1 is 1.30 bits per heavy atom. The Morgan fingerprint density at radius 2 is 2.15 bits per heavy atom. The molecule has 1 aromatic heterocycles. The van der Waals surface area contributed by atoms with Crippen LogP contribution in [0, 0.1) is 5.92 Å². The number of carbonyl (C=O) groups is 1. The van der Waals surface area contributed by atoms with Crippen LogP contribution in [0.15, 0.2) is 4.52 Å². The van der Waals surface area contributed by atoms with E-state index in [4.69, 9.17) is 4.52 Å². The van der Waals surface area contributed by atoms with E-state index in [2.05, 4.69) is 10.1 Å². The van der Waals surface area contributed by atoms with Crippen molar-refractivity contribution in [1.29, 1.82) is 0 Å². The highest BCUT2D eigenvalue weighted by atomic mass is 32.2. The Morgan fingerprint density at radius 3 is 2.90 bits per heavy atom. The van der Waals surface area contributed by atoms with Crippen LogP contribution >= 0.6 is 23.5 Å². The summed E-state index contributed by atoms with van der Waals surface area (Å²) in [5.41, 5.74) is 0. The maximum atomic E-state index is 11.3. The van der Waals surface area contributed by atoms with Crippen molar-refractivity contribution in [2.75, 3.05) is 17.3 Å². The third kappa shape index (κ3) is 2.98. The van der Waals surface area contributed by atoms with Crippen molar-refractivity contribution < 1.29 is 14.4 Å². The summed E-state index contributed by atoms with van der Waals surface area (Å²) in [6, 6.07) is 0. The van der Waals surface area contributed by atoms with Crippen LogP contribution in [-0.2, 0) is 4.79 Å². The van der Waals surface area contributed by atoms with Crippen LogP contribution in [0.3, 0.4) is 0 Å². The van der Waals surface area contributed by atoms with Gasteiger partial charge in [-0.05, 0) is 12.8 Å². The second kappa shape index (κ2) is 6.39. The van der Waals surface area contributed by atoms with Gasteiger partial charge >= 0.3 is 5.97 Å². The lowest BCUT2D eigenvalue weighted by Crippen LogP contribution is -2.25. The number of hydrogen-bond acceptors (Lipinski definition) is 6. The van der Waals surface area contributed by atoms with Crippen LogP contribution in [0.2, 0.25) is 0 Å². The third-order valence-corrected chi connectivity index (χ3v) is 6.71. The fraction of sp³-hybridized carbons (Fsp3) is 0.769. The molecule has 110 valence electrons. The van der Waals surface area contributed by atoms with E-state index < -0.39 is 5.97 Å². The van der Waals surface area contributed by atoms with E-state index in [1.54, 1.807) is 0 Å². The molecule has 1 saturated carbocycles. The smallest absolute Gasteiger partial charge is 0.307 e. The lowest BCUT2D eigenvalue weighted by atomic mass is 9.79. The van der Waals surface area contributed by atoms with Crippen molar-refractivity contribution in [2.45, 2.75) is 36.9 Å². The first kappa shape index (κ1) is 14.3. The van der Waals surface area contributed by atoms with Gasteiger partial charge in [-0.15, -0.1) is 11.8 Å². The number of hydrogen-bond donors (Lipinski definition) is 1. The number of aromatic nitrogens is 2. The molecule has 0 bridgehead atoms. The summed E-state index contributed by atoms with van der Waals surface area (Å²) in [6.07, 6.45) is 3.57. The molecule has 1 aliphatic carbocycles. The molecule has 3 unspecified atom stereocenters. The summed E-state index contributed by atoms with van der Waals surface area (Å²) in [5.74, 6) is 3.36. The zero-order valence-electron chi connectivity index (χ0n) is 11.2. The zero-order valence-corrected chi connectivity index (χ0v) is 12.8. The standard InChI is InChI=1S/C13H18N2O3S2/c16-13(17)9-4-2-1-3-8(9)12-14-11(15-18-12)10-7-19-5-6-20-10/h8-10H,1-7H2,(H,16,17). The van der Waals surface area contributed by atoms with E-state index in [0.717, 1.165) is 36.6 Å². The molecule has 1 aromatic rings. The van der Waals surface area contributed by atoms with Crippen molar-refractivity contribution in [3.63, 3.8) is 0 Å². The van der Waals surface area contributed by atoms with Crippen molar-refractivity contribution in [1.82, 2.24) is 10.1 Å². The number of carboxylic acid groups (broad SMARTS) is 1. The lowest BCUT2D eigenvalue weighted by molar-refractivity contribution is -0.143. The molecule has 0 spiro atoms. The van der Waals surface area contributed by atoms with Gasteiger partial charge in [0.2, 0.25) is 5.89 Å². The SMILES string of the molecule is O=C(O)C1CCCCC1c1nc(C2CSCCS2)no1. The topological polar surface area (TPSA) is 76.2 Å². The Hall–Kier alpha value is -0.690. The van der Waals surface area contributed by atoms with E-state index >= 15 is 0 Å². The Kier molecular flexibility index (Phi) is 4.55. The highest BCUT2D eigenvalue weighted by molar-refractivity contribution is 8.06. The molecule has 2 aliphatic rings. The molecule has 7 heteroatoms. The maximum absolute atomic E-state index is 11.3. The summed E-state index contributed by atoms with van der Waals surface area (Å²) in [4.78, 5) is 15.9. The normalized spacial score (nSPS) is 31.1. The first-order chi connectivity index (χ1) is 9.75. The van der Waals surface area contributed by atoms with Gasteiger partial charge in [-0.3, -0.25) is 4.79 Å². The summed E-state index contributed by atoms with van der Waals surface area (Å²) in [5, 5.41) is 13.7. The molecule has 0 radical (unpaired) electrons. The molecule has 2 fully saturated rings. The minimum atomic E-state index is -0.739.